The van der Waals surface area contributed by atoms with Crippen molar-refractivity contribution in [1.82, 2.24) is 0 Å². The average Bonchev–Trinajstić information content (AvgIpc) is 2.76. The third kappa shape index (κ3) is 5.25. The van der Waals surface area contributed by atoms with E-state index in [-0.39, 0.29) is 17.5 Å². The lowest BCUT2D eigenvalue weighted by Gasteiger charge is -2.32. The summed E-state index contributed by atoms with van der Waals surface area (Å²) >= 11 is 0. The van der Waals surface area contributed by atoms with Gasteiger partial charge in [-0.2, -0.15) is 0 Å². The standard InChI is InChI=1S/C24H29N3O5/c1-15-13-16(2)22(17(3)14-15)25-23(28)18(4)32-24(29)19-9-11-26(12-10-19)20-7-5-6-8-21(20)27(30)31/h5-8,13-14,18-19H,9-12H2,1-4H3,(H,25,28). The molecule has 8 nitrogen and oxygen atoms in total. The van der Waals surface area contributed by atoms with E-state index in [1.54, 1.807) is 25.1 Å². The number of carbonyl (C=O) groups is 2. The number of nitrogens with zero attached hydrogens (tertiary/aromatic N) is 2. The Hall–Kier alpha value is -3.42. The Labute approximate surface area is 187 Å². The van der Waals surface area contributed by atoms with Crippen molar-refractivity contribution in [3.05, 3.63) is 63.2 Å². The Bertz CT molecular complexity index is 1010. The van der Waals surface area contributed by atoms with Gasteiger partial charge in [0.2, 0.25) is 0 Å². The highest BCUT2D eigenvalue weighted by Crippen LogP contribution is 2.31. The van der Waals surface area contributed by atoms with Crippen LogP contribution in [-0.2, 0) is 14.3 Å². The van der Waals surface area contributed by atoms with Gasteiger partial charge in [-0.1, -0.05) is 29.8 Å². The number of amides is 1. The number of anilines is 2. The molecule has 1 aliphatic heterocycles. The Morgan fingerprint density at radius 3 is 2.31 bits per heavy atom. The van der Waals surface area contributed by atoms with E-state index in [1.807, 2.05) is 37.8 Å². The number of rotatable bonds is 6. The number of nitro groups is 1. The predicted octanol–water partition coefficient (Wildman–Crippen LogP) is 4.31. The highest BCUT2D eigenvalue weighted by molar-refractivity contribution is 5.96. The van der Waals surface area contributed by atoms with Gasteiger partial charge in [0.05, 0.1) is 10.8 Å². The minimum atomic E-state index is -0.921. The highest BCUT2D eigenvalue weighted by Gasteiger charge is 2.31. The summed E-state index contributed by atoms with van der Waals surface area (Å²) in [4.78, 5) is 38.0. The Balaban J connectivity index is 1.56. The molecule has 2 aromatic carbocycles. The van der Waals surface area contributed by atoms with Crippen LogP contribution in [-0.4, -0.2) is 36.0 Å². The number of ether oxygens (including phenoxy) is 1. The van der Waals surface area contributed by atoms with Gasteiger partial charge in [0.1, 0.15) is 5.69 Å². The fourth-order valence-corrected chi connectivity index (χ4v) is 4.17. The molecular formula is C24H29N3O5. The minimum absolute atomic E-state index is 0.0560. The summed E-state index contributed by atoms with van der Waals surface area (Å²) in [6, 6.07) is 10.6. The molecule has 2 aromatic rings. The van der Waals surface area contributed by atoms with E-state index in [2.05, 4.69) is 5.32 Å². The van der Waals surface area contributed by atoms with Crippen molar-refractivity contribution < 1.29 is 19.2 Å². The van der Waals surface area contributed by atoms with E-state index < -0.39 is 17.0 Å². The van der Waals surface area contributed by atoms with Gasteiger partial charge >= 0.3 is 5.97 Å². The molecule has 0 spiro atoms. The first-order valence-corrected chi connectivity index (χ1v) is 10.7. The zero-order valence-corrected chi connectivity index (χ0v) is 18.9. The monoisotopic (exact) mass is 439 g/mol. The van der Waals surface area contributed by atoms with Crippen molar-refractivity contribution in [2.24, 2.45) is 5.92 Å². The Morgan fingerprint density at radius 2 is 1.72 bits per heavy atom. The van der Waals surface area contributed by atoms with Crippen LogP contribution in [0, 0.1) is 36.8 Å². The molecule has 0 saturated carbocycles. The van der Waals surface area contributed by atoms with E-state index in [0.717, 1.165) is 22.4 Å². The van der Waals surface area contributed by atoms with Crippen molar-refractivity contribution in [3.8, 4) is 0 Å². The molecule has 1 atom stereocenters. The molecule has 8 heteroatoms. The lowest BCUT2D eigenvalue weighted by atomic mass is 9.96. The van der Waals surface area contributed by atoms with Gasteiger partial charge in [-0.05, 0) is 57.7 Å². The Kier molecular flexibility index (Phi) is 7.12. The normalized spacial score (nSPS) is 15.2. The summed E-state index contributed by atoms with van der Waals surface area (Å²) in [7, 11) is 0. The number of aryl methyl sites for hydroxylation is 3. The second kappa shape index (κ2) is 9.80. The fourth-order valence-electron chi connectivity index (χ4n) is 4.17. The number of para-hydroxylation sites is 2. The lowest BCUT2D eigenvalue weighted by molar-refractivity contribution is -0.384. The molecular weight excluding hydrogens is 410 g/mol. The molecule has 0 radical (unpaired) electrons. The van der Waals surface area contributed by atoms with Crippen molar-refractivity contribution in [1.29, 1.82) is 0 Å². The third-order valence-corrected chi connectivity index (χ3v) is 5.83. The molecule has 32 heavy (non-hydrogen) atoms. The number of carbonyl (C=O) groups excluding carboxylic acids is 2. The summed E-state index contributed by atoms with van der Waals surface area (Å²) in [5.41, 5.74) is 4.38. The summed E-state index contributed by atoms with van der Waals surface area (Å²) < 4.78 is 5.45. The molecule has 0 aliphatic carbocycles. The maximum absolute atomic E-state index is 12.6. The molecule has 1 unspecified atom stereocenters. The molecule has 1 fully saturated rings. The number of hydrogen-bond donors (Lipinski definition) is 1. The first-order valence-electron chi connectivity index (χ1n) is 10.7. The number of nitro benzene ring substituents is 1. The average molecular weight is 440 g/mol. The fraction of sp³-hybridized carbons (Fsp3) is 0.417. The van der Waals surface area contributed by atoms with Crippen LogP contribution >= 0.6 is 0 Å². The first-order chi connectivity index (χ1) is 15.2. The van der Waals surface area contributed by atoms with Crippen LogP contribution in [0.5, 0.6) is 0 Å². The molecule has 1 heterocycles. The Morgan fingerprint density at radius 1 is 1.12 bits per heavy atom. The summed E-state index contributed by atoms with van der Waals surface area (Å²) in [5, 5.41) is 14.1. The topological polar surface area (TPSA) is 102 Å². The summed E-state index contributed by atoms with van der Waals surface area (Å²) in [5.74, 6) is -1.12. The van der Waals surface area contributed by atoms with Crippen molar-refractivity contribution in [2.45, 2.75) is 46.6 Å². The van der Waals surface area contributed by atoms with Crippen molar-refractivity contribution >= 4 is 28.9 Å². The van der Waals surface area contributed by atoms with Gasteiger partial charge in [0.15, 0.2) is 6.10 Å². The second-order valence-corrected chi connectivity index (χ2v) is 8.35. The maximum Gasteiger partial charge on any atom is 0.309 e. The van der Waals surface area contributed by atoms with Crippen LogP contribution in [0.3, 0.4) is 0 Å². The first kappa shape index (κ1) is 23.2. The van der Waals surface area contributed by atoms with Crippen LogP contribution in [0.4, 0.5) is 17.1 Å². The van der Waals surface area contributed by atoms with Crippen LogP contribution < -0.4 is 10.2 Å². The van der Waals surface area contributed by atoms with E-state index in [9.17, 15) is 19.7 Å². The van der Waals surface area contributed by atoms with Gasteiger partial charge in [0.25, 0.3) is 11.6 Å². The van der Waals surface area contributed by atoms with E-state index in [0.29, 0.717) is 31.6 Å². The summed E-state index contributed by atoms with van der Waals surface area (Å²) in [6.07, 6.45) is 0.0981. The molecule has 1 saturated heterocycles. The number of esters is 1. The zero-order valence-electron chi connectivity index (χ0n) is 18.9. The molecule has 1 N–H and O–H groups in total. The quantitative estimate of drug-likeness (QED) is 0.409. The number of piperidine rings is 1. The number of nitrogens with one attached hydrogen (secondary N) is 1. The van der Waals surface area contributed by atoms with Crippen LogP contribution in [0.15, 0.2) is 36.4 Å². The zero-order chi connectivity index (χ0) is 23.4. The summed E-state index contributed by atoms with van der Waals surface area (Å²) in [6.45, 7) is 8.43. The van der Waals surface area contributed by atoms with Crippen LogP contribution in [0.1, 0.15) is 36.5 Å². The highest BCUT2D eigenvalue weighted by atomic mass is 16.6. The maximum atomic E-state index is 12.6. The van der Waals surface area contributed by atoms with Crippen molar-refractivity contribution in [2.75, 3.05) is 23.3 Å². The molecule has 1 amide bonds. The SMILES string of the molecule is Cc1cc(C)c(NC(=O)C(C)OC(=O)C2CCN(c3ccccc3[N+](=O)[O-])CC2)c(C)c1. The van der Waals surface area contributed by atoms with Gasteiger partial charge in [-0.25, -0.2) is 0 Å². The van der Waals surface area contributed by atoms with Gasteiger partial charge in [-0.3, -0.25) is 19.7 Å². The number of benzene rings is 2. The van der Waals surface area contributed by atoms with E-state index in [1.165, 1.54) is 6.07 Å². The smallest absolute Gasteiger partial charge is 0.309 e. The predicted molar refractivity (Wildman–Crippen MR) is 123 cm³/mol. The second-order valence-electron chi connectivity index (χ2n) is 8.35. The number of hydrogen-bond acceptors (Lipinski definition) is 6. The van der Waals surface area contributed by atoms with Gasteiger partial charge < -0.3 is 15.0 Å². The third-order valence-electron chi connectivity index (χ3n) is 5.83. The van der Waals surface area contributed by atoms with Crippen molar-refractivity contribution in [3.63, 3.8) is 0 Å². The van der Waals surface area contributed by atoms with Gasteiger partial charge in [0, 0.05) is 24.8 Å². The lowest BCUT2D eigenvalue weighted by Crippen LogP contribution is -2.39. The molecule has 0 aromatic heterocycles. The molecule has 3 rings (SSSR count). The molecule has 0 bridgehead atoms. The van der Waals surface area contributed by atoms with Gasteiger partial charge in [-0.15, -0.1) is 0 Å². The van der Waals surface area contributed by atoms with Crippen LogP contribution in [0.2, 0.25) is 0 Å². The van der Waals surface area contributed by atoms with E-state index >= 15 is 0 Å². The largest absolute Gasteiger partial charge is 0.452 e. The minimum Gasteiger partial charge on any atom is -0.452 e. The van der Waals surface area contributed by atoms with E-state index in [4.69, 9.17) is 4.74 Å². The molecule has 1 aliphatic rings. The van der Waals surface area contributed by atoms with Crippen LogP contribution in [0.25, 0.3) is 0 Å². The molecule has 170 valence electrons.